The number of hydrogen-bond acceptors (Lipinski definition) is 10. The van der Waals surface area contributed by atoms with E-state index in [1.165, 1.54) is 0 Å². The maximum Gasteiger partial charge on any atom is 0.451 e. The van der Waals surface area contributed by atoms with E-state index in [2.05, 4.69) is 16.0 Å². The Kier molecular flexibility index (Phi) is 12.6. The Morgan fingerprint density at radius 1 is 0.972 bits per heavy atom. The van der Waals surface area contributed by atoms with Crippen molar-refractivity contribution in [3.8, 4) is 0 Å². The Hall–Kier alpha value is -2.38. The molecule has 5 N–H and O–H groups in total. The number of rotatable bonds is 10. The predicted octanol–water partition coefficient (Wildman–Crippen LogP) is 1.49. The van der Waals surface area contributed by atoms with E-state index >= 15 is 0 Å². The first-order valence-electron chi connectivity index (χ1n) is 12.4. The fourth-order valence-electron chi connectivity index (χ4n) is 3.53. The maximum absolute atomic E-state index is 13.1. The molecule has 0 saturated carbocycles. The fourth-order valence-corrected chi connectivity index (χ4v) is 3.53. The van der Waals surface area contributed by atoms with Crippen LogP contribution in [-0.4, -0.2) is 77.7 Å². The second-order valence-corrected chi connectivity index (χ2v) is 10.9. The van der Waals surface area contributed by atoms with Gasteiger partial charge in [-0.15, -0.1) is 0 Å². The molecule has 1 saturated heterocycles. The van der Waals surface area contributed by atoms with Crippen LogP contribution in [0.15, 0.2) is 0 Å². The highest BCUT2D eigenvalue weighted by molar-refractivity contribution is 6.40. The van der Waals surface area contributed by atoms with Gasteiger partial charge in [-0.05, 0) is 73.7 Å². The third kappa shape index (κ3) is 13.6. The van der Waals surface area contributed by atoms with Crippen molar-refractivity contribution in [2.24, 2.45) is 5.92 Å². The summed E-state index contributed by atoms with van der Waals surface area (Å²) in [6.45, 7) is 11.1. The lowest BCUT2D eigenvalue weighted by Gasteiger charge is -2.30. The molecule has 1 rings (SSSR count). The van der Waals surface area contributed by atoms with Crippen LogP contribution in [0.1, 0.15) is 73.6 Å². The van der Waals surface area contributed by atoms with Crippen LogP contribution in [0.25, 0.3) is 0 Å². The molecule has 0 aromatic carbocycles. The number of unbranched alkanes of at least 4 members (excludes halogenated alkanes) is 1. The number of piperidine rings is 1. The summed E-state index contributed by atoms with van der Waals surface area (Å²) < 4.78 is 15.7. The van der Waals surface area contributed by atoms with E-state index in [1.807, 2.05) is 0 Å². The Morgan fingerprint density at radius 2 is 1.56 bits per heavy atom. The van der Waals surface area contributed by atoms with Crippen molar-refractivity contribution < 1.29 is 43.4 Å². The monoisotopic (exact) mass is 515 g/mol. The third-order valence-electron chi connectivity index (χ3n) is 5.09. The van der Waals surface area contributed by atoms with Crippen LogP contribution in [-0.2, 0) is 23.8 Å². The molecule has 3 atom stereocenters. The lowest BCUT2D eigenvalue weighted by Crippen LogP contribution is -2.57. The van der Waals surface area contributed by atoms with Gasteiger partial charge in [-0.2, -0.15) is 0 Å². The van der Waals surface area contributed by atoms with Crippen LogP contribution >= 0.6 is 0 Å². The zero-order chi connectivity index (χ0) is 27.5. The van der Waals surface area contributed by atoms with E-state index < -0.39 is 60.4 Å². The Morgan fingerprint density at radius 3 is 2.06 bits per heavy atom. The largest absolute Gasteiger partial charge is 0.451 e. The number of esters is 2. The molecule has 12 nitrogen and oxygen atoms in total. The van der Waals surface area contributed by atoms with Gasteiger partial charge in [-0.25, -0.2) is 14.4 Å². The van der Waals surface area contributed by atoms with Crippen molar-refractivity contribution in [3.05, 3.63) is 0 Å². The van der Waals surface area contributed by atoms with E-state index in [1.54, 1.807) is 41.5 Å². The highest BCUT2D eigenvalue weighted by atomic mass is 16.6. The number of hydrogen-bond donors (Lipinski definition) is 5. The quantitative estimate of drug-likeness (QED) is 0.0943. The Balaban J connectivity index is 3.12. The summed E-state index contributed by atoms with van der Waals surface area (Å²) in [5.41, 5.74) is -1.69. The number of amides is 2. The smallest absolute Gasteiger partial charge is 0.444 e. The van der Waals surface area contributed by atoms with Crippen LogP contribution in [0.2, 0.25) is 6.32 Å². The summed E-state index contributed by atoms with van der Waals surface area (Å²) in [7, 11) is -1.50. The lowest BCUT2D eigenvalue weighted by molar-refractivity contribution is -0.165. The Bertz CT molecular complexity index is 744. The summed E-state index contributed by atoms with van der Waals surface area (Å²) in [6, 6.07) is -2.50. The molecular formula is C23H42BN3O9. The van der Waals surface area contributed by atoms with Crippen LogP contribution in [0.5, 0.6) is 0 Å². The van der Waals surface area contributed by atoms with Gasteiger partial charge in [0.15, 0.2) is 6.04 Å². The molecule has 0 aliphatic carbocycles. The van der Waals surface area contributed by atoms with Gasteiger partial charge in [0.1, 0.15) is 11.2 Å². The topological polar surface area (TPSA) is 173 Å². The molecule has 13 heteroatoms. The van der Waals surface area contributed by atoms with Gasteiger partial charge < -0.3 is 40.2 Å². The molecule has 2 amide bonds. The summed E-state index contributed by atoms with van der Waals surface area (Å²) in [6.07, 6.45) is 0.504. The molecule has 0 radical (unpaired) electrons. The summed E-state index contributed by atoms with van der Waals surface area (Å²) in [4.78, 5) is 50.8. The van der Waals surface area contributed by atoms with Gasteiger partial charge in [-0.3, -0.25) is 4.79 Å². The van der Waals surface area contributed by atoms with Gasteiger partial charge in [-0.1, -0.05) is 12.8 Å². The minimum Gasteiger partial charge on any atom is -0.444 e. The number of ether oxygens (including phenoxy) is 3. The Labute approximate surface area is 213 Å². The standard InChI is InChI=1S/C23H42BN3O9/c1-22(2,3)35-20(30)26-16(11-7-8-12-24(32)33)17(27-21(31)36-23(4,5)6)19(29)34-18(28)15-10-9-13-25-14-15/h15-17,25,32-33H,7-14H2,1-6H3,(H,26,30)(H,27,31)/t15?,16-,17?/m1/s1. The molecule has 0 aromatic heterocycles. The molecule has 1 aliphatic heterocycles. The van der Waals surface area contributed by atoms with Gasteiger partial charge in [0.05, 0.1) is 12.0 Å². The van der Waals surface area contributed by atoms with Gasteiger partial charge in [0.25, 0.3) is 0 Å². The zero-order valence-corrected chi connectivity index (χ0v) is 22.2. The van der Waals surface area contributed by atoms with Crippen LogP contribution in [0.4, 0.5) is 9.59 Å². The molecule has 1 aliphatic rings. The predicted molar refractivity (Wildman–Crippen MR) is 132 cm³/mol. The first-order chi connectivity index (χ1) is 16.6. The molecule has 0 bridgehead atoms. The van der Waals surface area contributed by atoms with Crippen LogP contribution in [0, 0.1) is 5.92 Å². The van der Waals surface area contributed by atoms with Gasteiger partial charge in [0.2, 0.25) is 0 Å². The molecule has 206 valence electrons. The fraction of sp³-hybridized carbons (Fsp3) is 0.826. The lowest BCUT2D eigenvalue weighted by atomic mass is 9.83. The summed E-state index contributed by atoms with van der Waals surface area (Å²) in [5, 5.41) is 26.3. The van der Waals surface area contributed by atoms with Crippen molar-refractivity contribution in [1.82, 2.24) is 16.0 Å². The highest BCUT2D eigenvalue weighted by Gasteiger charge is 2.37. The third-order valence-corrected chi connectivity index (χ3v) is 5.09. The zero-order valence-electron chi connectivity index (χ0n) is 22.2. The van der Waals surface area contributed by atoms with Crippen molar-refractivity contribution in [3.63, 3.8) is 0 Å². The van der Waals surface area contributed by atoms with Gasteiger partial charge >= 0.3 is 31.2 Å². The van der Waals surface area contributed by atoms with E-state index in [4.69, 9.17) is 24.3 Å². The SMILES string of the molecule is CC(C)(C)OC(=O)NC(C(=O)OC(=O)C1CCCNC1)[C@@H](CCCCB(O)O)NC(=O)OC(C)(C)C. The molecule has 1 heterocycles. The van der Waals surface area contributed by atoms with Crippen molar-refractivity contribution >= 4 is 31.2 Å². The first-order valence-corrected chi connectivity index (χ1v) is 12.4. The molecule has 1 fully saturated rings. The number of carbonyl (C=O) groups excluding carboxylic acids is 4. The second-order valence-electron chi connectivity index (χ2n) is 10.9. The van der Waals surface area contributed by atoms with Crippen molar-refractivity contribution in [1.29, 1.82) is 0 Å². The molecule has 2 unspecified atom stereocenters. The number of carbonyl (C=O) groups is 4. The summed E-state index contributed by atoms with van der Waals surface area (Å²) >= 11 is 0. The normalized spacial score (nSPS) is 17.8. The van der Waals surface area contributed by atoms with Crippen molar-refractivity contribution in [2.45, 2.75) is 103 Å². The van der Waals surface area contributed by atoms with Crippen LogP contribution < -0.4 is 16.0 Å². The van der Waals surface area contributed by atoms with E-state index in [9.17, 15) is 19.2 Å². The second kappa shape index (κ2) is 14.4. The molecule has 36 heavy (non-hydrogen) atoms. The van der Waals surface area contributed by atoms with E-state index in [0.717, 1.165) is 13.0 Å². The maximum atomic E-state index is 13.1. The van der Waals surface area contributed by atoms with E-state index in [-0.39, 0.29) is 12.7 Å². The summed E-state index contributed by atoms with van der Waals surface area (Å²) in [5.74, 6) is -2.27. The van der Waals surface area contributed by atoms with E-state index in [0.29, 0.717) is 25.8 Å². The minimum absolute atomic E-state index is 0.0843. The molecule has 0 spiro atoms. The van der Waals surface area contributed by atoms with Crippen molar-refractivity contribution in [2.75, 3.05) is 13.1 Å². The average Bonchev–Trinajstić information content (AvgIpc) is 2.72. The average molecular weight is 515 g/mol. The number of nitrogens with one attached hydrogen (secondary N) is 3. The first kappa shape index (κ1) is 31.7. The number of alkyl carbamates (subject to hydrolysis) is 2. The molecule has 0 aromatic rings. The molecular weight excluding hydrogens is 473 g/mol. The highest BCUT2D eigenvalue weighted by Crippen LogP contribution is 2.16. The van der Waals surface area contributed by atoms with Gasteiger partial charge in [0, 0.05) is 6.54 Å². The van der Waals surface area contributed by atoms with Crippen LogP contribution in [0.3, 0.4) is 0 Å². The minimum atomic E-state index is -1.50.